The van der Waals surface area contributed by atoms with Gasteiger partial charge in [-0.1, -0.05) is 64.1 Å². The lowest BCUT2D eigenvalue weighted by atomic mass is 9.94. The van der Waals surface area contributed by atoms with Crippen LogP contribution in [0.15, 0.2) is 110 Å². The van der Waals surface area contributed by atoms with Gasteiger partial charge in [-0.2, -0.15) is 0 Å². The van der Waals surface area contributed by atoms with E-state index >= 15 is 0 Å². The topological polar surface area (TPSA) is 141 Å². The summed E-state index contributed by atoms with van der Waals surface area (Å²) in [4.78, 5) is 55.0. The number of para-hydroxylation sites is 2. The molecule has 0 saturated carbocycles. The lowest BCUT2D eigenvalue weighted by Gasteiger charge is -2.14. The number of nitrogens with one attached hydrogen (secondary N) is 4. The molecule has 0 fully saturated rings. The molecule has 2 amide bonds. The molecule has 2 aromatic carbocycles. The summed E-state index contributed by atoms with van der Waals surface area (Å²) in [5.41, 5.74) is 22.0. The van der Waals surface area contributed by atoms with Crippen LogP contribution in [-0.2, 0) is 12.8 Å². The van der Waals surface area contributed by atoms with Crippen molar-refractivity contribution in [1.29, 1.82) is 0 Å². The number of carbonyl (C=O) groups excluding carboxylic acids is 2. The largest absolute Gasteiger partial charge is 0.354 e. The normalized spacial score (nSPS) is 12.5. The molecule has 330 valence electrons. The maximum atomic E-state index is 13.8. The predicted octanol–water partition coefficient (Wildman–Crippen LogP) is 13.4. The minimum absolute atomic E-state index is 0.244. The van der Waals surface area contributed by atoms with Crippen molar-refractivity contribution in [3.05, 3.63) is 166 Å². The van der Waals surface area contributed by atoms with Gasteiger partial charge in [-0.15, -0.1) is 0 Å². The number of aryl methyl sites for hydroxylation is 4. The summed E-state index contributed by atoms with van der Waals surface area (Å²) in [6.07, 6.45) is 9.54. The van der Waals surface area contributed by atoms with E-state index in [-0.39, 0.29) is 11.8 Å². The summed E-state index contributed by atoms with van der Waals surface area (Å²) < 4.78 is 0. The number of fused-ring (bicyclic) bond motifs is 8. The molecule has 66 heavy (non-hydrogen) atoms. The Morgan fingerprint density at radius 1 is 0.530 bits per heavy atom. The number of anilines is 2. The highest BCUT2D eigenvalue weighted by Crippen LogP contribution is 2.45. The summed E-state index contributed by atoms with van der Waals surface area (Å²) in [5, 5.41) is 6.45. The Bertz CT molecular complexity index is 3100. The van der Waals surface area contributed by atoms with Gasteiger partial charge in [-0.05, 0) is 146 Å². The molecule has 7 aromatic rings. The van der Waals surface area contributed by atoms with Crippen LogP contribution in [0.5, 0.6) is 0 Å². The minimum Gasteiger partial charge on any atom is -0.354 e. The lowest BCUT2D eigenvalue weighted by molar-refractivity contribution is 0.101. The van der Waals surface area contributed by atoms with Crippen molar-refractivity contribution >= 4 is 67.5 Å². The first-order valence-electron chi connectivity index (χ1n) is 22.9. The first-order chi connectivity index (χ1) is 32.1. The fourth-order valence-corrected chi connectivity index (χ4v) is 9.84. The molecular weight excluding hydrogens is 817 g/mol. The standard InChI is InChI=1S/C56H54N8O2/c1-9-37-31(5)51-49(41-21-13-15-23-43(41)63-55(65)35-19-17-25-57-29-35)52-33(7)39(11-3)47(61-52)28-48-40(12-4)34(8)54(62-48)50(53-32(6)38(10-2)46(60-53)27-45(37)59-51)42-22-14-16-24-44(42)64-56(66)36-20-18-26-58-30-36/h13-30,59,62H,9-12H2,1-8H3,(H,63,65)(H,64,66). The van der Waals surface area contributed by atoms with Gasteiger partial charge in [-0.3, -0.25) is 19.6 Å². The Hall–Kier alpha value is -7.72. The zero-order valence-corrected chi connectivity index (χ0v) is 38.8. The molecule has 10 heteroatoms. The molecule has 0 radical (unpaired) electrons. The van der Waals surface area contributed by atoms with Crippen LogP contribution in [0.3, 0.4) is 0 Å². The Kier molecular flexibility index (Phi) is 11.9. The minimum atomic E-state index is -0.244. The molecule has 2 aliphatic rings. The van der Waals surface area contributed by atoms with Gasteiger partial charge in [-0.25, -0.2) is 9.97 Å². The van der Waals surface area contributed by atoms with E-state index in [9.17, 15) is 9.59 Å². The number of hydrogen-bond acceptors (Lipinski definition) is 6. The molecule has 4 N–H and O–H groups in total. The number of hydrogen-bond donors (Lipinski definition) is 4. The number of aromatic amines is 2. The number of allylic oxidation sites excluding steroid dienone is 4. The fourth-order valence-electron chi connectivity index (χ4n) is 9.84. The number of benzene rings is 2. The summed E-state index contributed by atoms with van der Waals surface area (Å²) in [6.45, 7) is 17.4. The zero-order chi connectivity index (χ0) is 46.2. The quantitative estimate of drug-likeness (QED) is 0.108. The second-order valence-electron chi connectivity index (χ2n) is 16.9. The monoisotopic (exact) mass is 870 g/mol. The maximum Gasteiger partial charge on any atom is 0.257 e. The molecular formula is C56H54N8O2. The van der Waals surface area contributed by atoms with Crippen molar-refractivity contribution in [1.82, 2.24) is 29.9 Å². The second-order valence-corrected chi connectivity index (χ2v) is 16.9. The second kappa shape index (κ2) is 18.0. The zero-order valence-electron chi connectivity index (χ0n) is 38.8. The first-order valence-corrected chi connectivity index (χ1v) is 22.9. The van der Waals surface area contributed by atoms with Crippen molar-refractivity contribution in [2.75, 3.05) is 10.6 Å². The molecule has 0 spiro atoms. The van der Waals surface area contributed by atoms with Crippen molar-refractivity contribution in [2.45, 2.75) is 81.1 Å². The smallest absolute Gasteiger partial charge is 0.257 e. The third-order valence-corrected chi connectivity index (χ3v) is 13.2. The van der Waals surface area contributed by atoms with E-state index in [4.69, 9.17) is 9.97 Å². The van der Waals surface area contributed by atoms with Crippen LogP contribution in [0.1, 0.15) is 120 Å². The highest BCUT2D eigenvalue weighted by atomic mass is 16.2. The van der Waals surface area contributed by atoms with Crippen molar-refractivity contribution < 1.29 is 9.59 Å². The SMILES string of the molecule is CCC1=C(C)c2nc1cc1[nH]c(c(C)c1CC)c(-c1ccccc1NC(=O)c1cccnc1)c1nc(cc3[nH]c(c(C)c3CC)c2-c2ccccc2NC(=O)c2cccnc2)C(CC)=C1C. The molecule has 9 rings (SSSR count). The highest BCUT2D eigenvalue weighted by Gasteiger charge is 2.27. The molecule has 0 saturated heterocycles. The van der Waals surface area contributed by atoms with Crippen LogP contribution >= 0.6 is 0 Å². The number of amides is 2. The van der Waals surface area contributed by atoms with Gasteiger partial charge in [0.1, 0.15) is 0 Å². The lowest BCUT2D eigenvalue weighted by Crippen LogP contribution is -2.13. The van der Waals surface area contributed by atoms with E-state index in [0.29, 0.717) is 22.5 Å². The molecule has 2 aliphatic heterocycles. The number of H-pyrrole nitrogens is 2. The summed E-state index contributed by atoms with van der Waals surface area (Å²) in [6, 6.07) is 27.4. The molecule has 0 atom stereocenters. The average Bonchev–Trinajstić information content (AvgIpc) is 4.03. The van der Waals surface area contributed by atoms with Gasteiger partial charge < -0.3 is 20.6 Å². The molecule has 0 unspecified atom stereocenters. The number of carbonyl (C=O) groups is 2. The third kappa shape index (κ3) is 7.62. The number of pyridine rings is 2. The fraction of sp³-hybridized carbons (Fsp3) is 0.214. The molecule has 10 nitrogen and oxygen atoms in total. The van der Waals surface area contributed by atoms with E-state index in [1.807, 2.05) is 36.4 Å². The first kappa shape index (κ1) is 43.5. The molecule has 8 bridgehead atoms. The number of aromatic nitrogens is 6. The van der Waals surface area contributed by atoms with Gasteiger partial charge in [0, 0.05) is 69.4 Å². The molecule has 7 heterocycles. The Morgan fingerprint density at radius 3 is 1.30 bits per heavy atom. The summed E-state index contributed by atoms with van der Waals surface area (Å²) in [5.74, 6) is -0.488. The predicted molar refractivity (Wildman–Crippen MR) is 270 cm³/mol. The molecule has 0 aliphatic carbocycles. The van der Waals surface area contributed by atoms with Crippen LogP contribution < -0.4 is 10.6 Å². The third-order valence-electron chi connectivity index (χ3n) is 13.2. The summed E-state index contributed by atoms with van der Waals surface area (Å²) >= 11 is 0. The van der Waals surface area contributed by atoms with Crippen LogP contribution in [0.25, 0.3) is 66.6 Å². The molecule has 5 aromatic heterocycles. The van der Waals surface area contributed by atoms with Gasteiger partial charge in [0.25, 0.3) is 11.8 Å². The van der Waals surface area contributed by atoms with Crippen LogP contribution in [0.2, 0.25) is 0 Å². The van der Waals surface area contributed by atoms with E-state index in [0.717, 1.165) is 126 Å². The Morgan fingerprint density at radius 2 is 0.939 bits per heavy atom. The van der Waals surface area contributed by atoms with Crippen LogP contribution in [0.4, 0.5) is 11.4 Å². The van der Waals surface area contributed by atoms with Gasteiger partial charge >= 0.3 is 0 Å². The maximum absolute atomic E-state index is 13.8. The van der Waals surface area contributed by atoms with E-state index in [2.05, 4.69) is 110 Å². The Labute approximate surface area is 385 Å². The van der Waals surface area contributed by atoms with Crippen LogP contribution in [0, 0.1) is 13.8 Å². The van der Waals surface area contributed by atoms with Gasteiger partial charge in [0.05, 0.1) is 44.9 Å². The average molecular weight is 871 g/mol. The van der Waals surface area contributed by atoms with Crippen molar-refractivity contribution in [2.24, 2.45) is 0 Å². The van der Waals surface area contributed by atoms with E-state index in [1.165, 1.54) is 11.1 Å². The summed E-state index contributed by atoms with van der Waals surface area (Å²) in [7, 11) is 0. The number of nitrogens with zero attached hydrogens (tertiary/aromatic N) is 4. The number of rotatable bonds is 10. The highest BCUT2D eigenvalue weighted by molar-refractivity contribution is 6.11. The van der Waals surface area contributed by atoms with E-state index < -0.39 is 0 Å². The Balaban J connectivity index is 1.42. The van der Waals surface area contributed by atoms with Gasteiger partial charge in [0.2, 0.25) is 0 Å². The van der Waals surface area contributed by atoms with E-state index in [1.54, 1.807) is 49.1 Å². The van der Waals surface area contributed by atoms with Crippen molar-refractivity contribution in [3.63, 3.8) is 0 Å². The van der Waals surface area contributed by atoms with Gasteiger partial charge in [0.15, 0.2) is 0 Å². The van der Waals surface area contributed by atoms with Crippen LogP contribution in [-0.4, -0.2) is 41.7 Å². The van der Waals surface area contributed by atoms with Crippen molar-refractivity contribution in [3.8, 4) is 22.3 Å².